The van der Waals surface area contributed by atoms with Crippen molar-refractivity contribution in [1.29, 1.82) is 0 Å². The summed E-state index contributed by atoms with van der Waals surface area (Å²) in [5, 5.41) is 7.80. The number of rotatable bonds is 7. The van der Waals surface area contributed by atoms with Crippen LogP contribution in [0.2, 0.25) is 10.0 Å². The molecule has 2 aromatic carbocycles. The molecule has 3 rings (SSSR count). The van der Waals surface area contributed by atoms with Crippen LogP contribution in [-0.4, -0.2) is 27.8 Å². The Kier molecular flexibility index (Phi) is 8.47. The highest BCUT2D eigenvalue weighted by molar-refractivity contribution is 6.36. The van der Waals surface area contributed by atoms with Crippen LogP contribution >= 0.6 is 23.2 Å². The molecule has 190 valence electrons. The van der Waals surface area contributed by atoms with Crippen molar-refractivity contribution in [1.82, 2.24) is 9.78 Å². The molecule has 0 saturated carbocycles. The van der Waals surface area contributed by atoms with Crippen LogP contribution in [0.5, 0.6) is 0 Å². The summed E-state index contributed by atoms with van der Waals surface area (Å²) in [6.07, 6.45) is -3.13. The predicted molar refractivity (Wildman–Crippen MR) is 132 cm³/mol. The number of nitrogens with one attached hydrogen (secondary N) is 1. The summed E-state index contributed by atoms with van der Waals surface area (Å²) in [4.78, 5) is 24.6. The zero-order valence-electron chi connectivity index (χ0n) is 19.5. The molecule has 36 heavy (non-hydrogen) atoms. The maximum Gasteiger partial charge on any atom is 0.416 e. The van der Waals surface area contributed by atoms with Crippen molar-refractivity contribution in [2.75, 3.05) is 5.32 Å². The number of nitrogens with zero attached hydrogens (tertiary/aromatic N) is 2. The number of aryl methyl sites for hydroxylation is 1. The molecule has 1 N–H and O–H groups in total. The monoisotopic (exact) mass is 539 g/mol. The van der Waals surface area contributed by atoms with E-state index in [1.807, 2.05) is 6.92 Å². The van der Waals surface area contributed by atoms with Gasteiger partial charge in [-0.15, -0.1) is 0 Å². The maximum absolute atomic E-state index is 12.9. The Morgan fingerprint density at radius 1 is 1.14 bits per heavy atom. The van der Waals surface area contributed by atoms with Crippen LogP contribution < -0.4 is 5.32 Å². The first-order chi connectivity index (χ1) is 16.9. The molecule has 0 spiro atoms. The fourth-order valence-electron chi connectivity index (χ4n) is 3.37. The number of hydrogen-bond acceptors (Lipinski definition) is 4. The van der Waals surface area contributed by atoms with E-state index in [0.29, 0.717) is 33.4 Å². The summed E-state index contributed by atoms with van der Waals surface area (Å²) in [5.74, 6) is -1.57. The molecule has 1 amide bonds. The quantitative estimate of drug-likeness (QED) is 0.276. The van der Waals surface area contributed by atoms with E-state index in [0.717, 1.165) is 23.9 Å². The van der Waals surface area contributed by atoms with E-state index in [-0.39, 0.29) is 5.69 Å². The van der Waals surface area contributed by atoms with Crippen molar-refractivity contribution in [2.24, 2.45) is 0 Å². The summed E-state index contributed by atoms with van der Waals surface area (Å²) in [5.41, 5.74) is 1.82. The second kappa shape index (κ2) is 11.2. The fourth-order valence-corrected chi connectivity index (χ4v) is 3.89. The second-order valence-electron chi connectivity index (χ2n) is 7.92. The van der Waals surface area contributed by atoms with Crippen LogP contribution in [0, 0.1) is 13.8 Å². The number of benzene rings is 2. The van der Waals surface area contributed by atoms with Gasteiger partial charge in [-0.1, -0.05) is 35.3 Å². The third-order valence-corrected chi connectivity index (χ3v) is 6.02. The molecule has 1 unspecified atom stereocenters. The number of esters is 1. The lowest BCUT2D eigenvalue weighted by atomic mass is 10.1. The van der Waals surface area contributed by atoms with E-state index in [9.17, 15) is 22.8 Å². The highest BCUT2D eigenvalue weighted by Gasteiger charge is 2.30. The zero-order chi connectivity index (χ0) is 26.6. The van der Waals surface area contributed by atoms with Gasteiger partial charge in [-0.05, 0) is 57.2 Å². The Labute approximate surface area is 215 Å². The molecule has 3 aromatic rings. The third kappa shape index (κ3) is 6.67. The molecule has 1 aromatic heterocycles. The van der Waals surface area contributed by atoms with Crippen molar-refractivity contribution in [3.63, 3.8) is 0 Å². The summed E-state index contributed by atoms with van der Waals surface area (Å²) < 4.78 is 45.4. The second-order valence-corrected chi connectivity index (χ2v) is 8.74. The van der Waals surface area contributed by atoms with E-state index in [4.69, 9.17) is 27.9 Å². The third-order valence-electron chi connectivity index (χ3n) is 5.31. The molecular formula is C25H22Cl2F3N3O3. The number of amides is 1. The van der Waals surface area contributed by atoms with Gasteiger partial charge >= 0.3 is 12.1 Å². The van der Waals surface area contributed by atoms with Gasteiger partial charge in [0.25, 0.3) is 5.91 Å². The van der Waals surface area contributed by atoms with Gasteiger partial charge in [0, 0.05) is 38.6 Å². The van der Waals surface area contributed by atoms with Gasteiger partial charge in [-0.25, -0.2) is 4.79 Å². The summed E-state index contributed by atoms with van der Waals surface area (Å²) in [7, 11) is 0. The lowest BCUT2D eigenvalue weighted by Gasteiger charge is -2.13. The van der Waals surface area contributed by atoms with E-state index in [1.165, 1.54) is 25.1 Å². The molecule has 6 nitrogen and oxygen atoms in total. The van der Waals surface area contributed by atoms with E-state index in [1.54, 1.807) is 29.8 Å². The topological polar surface area (TPSA) is 73.2 Å². The molecule has 0 bridgehead atoms. The number of aromatic nitrogens is 2. The molecule has 0 aliphatic heterocycles. The van der Waals surface area contributed by atoms with Crippen LogP contribution in [-0.2, 0) is 27.0 Å². The smallest absolute Gasteiger partial charge is 0.416 e. The van der Waals surface area contributed by atoms with Gasteiger partial charge in [-0.2, -0.15) is 18.3 Å². The minimum absolute atomic E-state index is 0.0643. The summed E-state index contributed by atoms with van der Waals surface area (Å²) in [6, 6.07) is 9.37. The first kappa shape index (κ1) is 27.3. The predicted octanol–water partition coefficient (Wildman–Crippen LogP) is 6.46. The number of alkyl halides is 3. The van der Waals surface area contributed by atoms with Crippen molar-refractivity contribution >= 4 is 46.8 Å². The van der Waals surface area contributed by atoms with Crippen LogP contribution in [0.1, 0.15) is 35.0 Å². The largest absolute Gasteiger partial charge is 0.449 e. The summed E-state index contributed by atoms with van der Waals surface area (Å²) in [6.45, 7) is 5.24. The van der Waals surface area contributed by atoms with Gasteiger partial charge in [0.15, 0.2) is 6.10 Å². The van der Waals surface area contributed by atoms with Gasteiger partial charge in [0.2, 0.25) is 0 Å². The maximum atomic E-state index is 12.9. The number of anilines is 1. The molecule has 1 heterocycles. The summed E-state index contributed by atoms with van der Waals surface area (Å²) >= 11 is 12.5. The number of ether oxygens (including phenoxy) is 1. The Hall–Kier alpha value is -3.30. The highest BCUT2D eigenvalue weighted by Crippen LogP contribution is 2.31. The Morgan fingerprint density at radius 2 is 1.78 bits per heavy atom. The van der Waals surface area contributed by atoms with Gasteiger partial charge in [0.1, 0.15) is 0 Å². The van der Waals surface area contributed by atoms with E-state index < -0.39 is 29.7 Å². The van der Waals surface area contributed by atoms with E-state index >= 15 is 0 Å². The first-order valence-corrected chi connectivity index (χ1v) is 11.5. The van der Waals surface area contributed by atoms with Crippen LogP contribution in [0.3, 0.4) is 0 Å². The lowest BCUT2D eigenvalue weighted by molar-refractivity contribution is -0.148. The number of hydrogen-bond donors (Lipinski definition) is 1. The zero-order valence-corrected chi connectivity index (χ0v) is 21.0. The average Bonchev–Trinajstić information content (AvgIpc) is 3.06. The molecule has 1 atom stereocenters. The SMILES string of the molecule is Cc1nn(Cc2c(Cl)cccc2Cl)c(C)c1/C=C/C(=O)OC(C)C(=O)Nc1cccc(C(F)(F)F)c1. The van der Waals surface area contributed by atoms with Crippen LogP contribution in [0.25, 0.3) is 6.08 Å². The number of carbonyl (C=O) groups excluding carboxylic acids is 2. The Bertz CT molecular complexity index is 1300. The average molecular weight is 540 g/mol. The Morgan fingerprint density at radius 3 is 2.42 bits per heavy atom. The minimum Gasteiger partial charge on any atom is -0.449 e. The molecule has 11 heteroatoms. The van der Waals surface area contributed by atoms with Crippen molar-refractivity contribution in [3.8, 4) is 0 Å². The highest BCUT2D eigenvalue weighted by atomic mass is 35.5. The van der Waals surface area contributed by atoms with Crippen LogP contribution in [0.15, 0.2) is 48.5 Å². The molecular weight excluding hydrogens is 518 g/mol. The standard InChI is InChI=1S/C25H22Cl2F3N3O3/c1-14-19(15(2)33(32-14)13-20-21(26)8-5-9-22(20)27)10-11-23(34)36-16(3)24(35)31-18-7-4-6-17(12-18)25(28,29)30/h4-12,16H,13H2,1-3H3,(H,31,35)/b11-10+. The van der Waals surface area contributed by atoms with Crippen molar-refractivity contribution in [2.45, 2.75) is 39.6 Å². The lowest BCUT2D eigenvalue weighted by Crippen LogP contribution is -2.29. The van der Waals surface area contributed by atoms with Crippen molar-refractivity contribution < 1.29 is 27.5 Å². The molecule has 0 saturated heterocycles. The number of carbonyl (C=O) groups is 2. The Balaban J connectivity index is 1.64. The van der Waals surface area contributed by atoms with E-state index in [2.05, 4.69) is 10.4 Å². The molecule has 0 radical (unpaired) electrons. The first-order valence-electron chi connectivity index (χ1n) is 10.7. The fraction of sp³-hybridized carbons (Fsp3) is 0.240. The minimum atomic E-state index is -4.55. The van der Waals surface area contributed by atoms with Gasteiger partial charge < -0.3 is 10.1 Å². The number of halogens is 5. The van der Waals surface area contributed by atoms with Gasteiger partial charge in [0.05, 0.1) is 17.8 Å². The molecule has 0 aliphatic rings. The van der Waals surface area contributed by atoms with Crippen LogP contribution in [0.4, 0.5) is 18.9 Å². The molecule has 0 fully saturated rings. The van der Waals surface area contributed by atoms with Gasteiger partial charge in [-0.3, -0.25) is 9.48 Å². The van der Waals surface area contributed by atoms with Crippen molar-refractivity contribution in [3.05, 3.63) is 86.7 Å². The molecule has 0 aliphatic carbocycles. The normalized spacial score (nSPS) is 12.6.